The number of rotatable bonds is 10. The highest BCUT2D eigenvalue weighted by atomic mass is 32.2. The Morgan fingerprint density at radius 3 is 2.41 bits per heavy atom. The molecule has 1 amide bonds. The van der Waals surface area contributed by atoms with Crippen molar-refractivity contribution in [2.24, 2.45) is 0 Å². The Morgan fingerprint density at radius 2 is 1.76 bits per heavy atom. The van der Waals surface area contributed by atoms with Crippen molar-refractivity contribution < 1.29 is 22.7 Å². The summed E-state index contributed by atoms with van der Waals surface area (Å²) in [5.74, 6) is 0.994. The van der Waals surface area contributed by atoms with Gasteiger partial charge in [-0.1, -0.05) is 19.9 Å². The van der Waals surface area contributed by atoms with Crippen LogP contribution in [-0.4, -0.2) is 38.5 Å². The number of carbonyl (C=O) groups excluding carboxylic acids is 1. The van der Waals surface area contributed by atoms with E-state index in [1.54, 1.807) is 0 Å². The molecule has 10 heteroatoms. The molecule has 0 radical (unpaired) electrons. The molecule has 2 aromatic carbocycles. The smallest absolute Gasteiger partial charge is 0.256 e. The fourth-order valence-corrected chi connectivity index (χ4v) is 6.95. The second-order valence-electron chi connectivity index (χ2n) is 8.71. The van der Waals surface area contributed by atoms with E-state index in [1.807, 2.05) is 39.0 Å². The summed E-state index contributed by atoms with van der Waals surface area (Å²) in [7, 11) is -3.63. The highest BCUT2D eigenvalue weighted by Gasteiger charge is 2.24. The fraction of sp³-hybridized carbons (Fsp3) is 0.333. The molecule has 2 heterocycles. The third kappa shape index (κ3) is 5.64. The summed E-state index contributed by atoms with van der Waals surface area (Å²) in [4.78, 5) is 14.1. The number of nitrogens with one attached hydrogen (secondary N) is 1. The molecule has 0 atom stereocenters. The minimum absolute atomic E-state index is 0.154. The topological polar surface area (TPSA) is 109 Å². The molecule has 0 spiro atoms. The van der Waals surface area contributed by atoms with Crippen LogP contribution in [0.15, 0.2) is 47.4 Å². The zero-order valence-corrected chi connectivity index (χ0v) is 22.7. The van der Waals surface area contributed by atoms with Crippen molar-refractivity contribution in [3.8, 4) is 17.6 Å². The minimum Gasteiger partial charge on any atom is -0.454 e. The monoisotopic (exact) mass is 539 g/mol. The molecule has 0 aliphatic carbocycles. The molecule has 3 aromatic rings. The van der Waals surface area contributed by atoms with Crippen LogP contribution in [-0.2, 0) is 16.4 Å². The van der Waals surface area contributed by atoms with Crippen LogP contribution in [0.2, 0.25) is 0 Å². The van der Waals surface area contributed by atoms with E-state index in [1.165, 1.54) is 39.9 Å². The van der Waals surface area contributed by atoms with Gasteiger partial charge in [0.25, 0.3) is 5.91 Å². The molecule has 0 unspecified atom stereocenters. The van der Waals surface area contributed by atoms with E-state index in [0.717, 1.165) is 28.8 Å². The highest BCUT2D eigenvalue weighted by molar-refractivity contribution is 7.89. The summed E-state index contributed by atoms with van der Waals surface area (Å²) in [5.41, 5.74) is 2.55. The molecule has 194 valence electrons. The molecule has 8 nitrogen and oxygen atoms in total. The second kappa shape index (κ2) is 11.3. The summed E-state index contributed by atoms with van der Waals surface area (Å²) in [6.07, 6.45) is 2.02. The zero-order chi connectivity index (χ0) is 26.6. The van der Waals surface area contributed by atoms with Gasteiger partial charge in [0, 0.05) is 30.0 Å². The third-order valence-electron chi connectivity index (χ3n) is 6.09. The summed E-state index contributed by atoms with van der Waals surface area (Å²) in [6, 6.07) is 13.8. The van der Waals surface area contributed by atoms with Crippen LogP contribution in [0.3, 0.4) is 0 Å². The van der Waals surface area contributed by atoms with Crippen molar-refractivity contribution in [1.82, 2.24) is 4.31 Å². The molecule has 1 aromatic heterocycles. The molecule has 4 rings (SSSR count). The van der Waals surface area contributed by atoms with Gasteiger partial charge in [0.15, 0.2) is 11.5 Å². The number of nitrogens with zero attached hydrogens (tertiary/aromatic N) is 2. The predicted molar refractivity (Wildman–Crippen MR) is 143 cm³/mol. The number of carbonyl (C=O) groups is 1. The minimum atomic E-state index is -3.63. The van der Waals surface area contributed by atoms with E-state index in [4.69, 9.17) is 9.47 Å². The van der Waals surface area contributed by atoms with Crippen LogP contribution < -0.4 is 14.8 Å². The van der Waals surface area contributed by atoms with Gasteiger partial charge in [-0.15, -0.1) is 11.3 Å². The Hall–Kier alpha value is -3.39. The molecule has 0 fully saturated rings. The largest absolute Gasteiger partial charge is 0.454 e. The average molecular weight is 540 g/mol. The zero-order valence-electron chi connectivity index (χ0n) is 21.0. The van der Waals surface area contributed by atoms with Crippen LogP contribution in [0.5, 0.6) is 11.5 Å². The third-order valence-corrected chi connectivity index (χ3v) is 9.21. The van der Waals surface area contributed by atoms with E-state index >= 15 is 0 Å². The Bertz CT molecular complexity index is 1430. The lowest BCUT2D eigenvalue weighted by Gasteiger charge is -2.21. The first-order chi connectivity index (χ1) is 17.8. The number of hydrogen-bond acceptors (Lipinski definition) is 7. The fourth-order valence-electron chi connectivity index (χ4n) is 4.14. The van der Waals surface area contributed by atoms with Crippen LogP contribution in [0.1, 0.15) is 58.6 Å². The van der Waals surface area contributed by atoms with Crippen molar-refractivity contribution in [3.05, 3.63) is 69.6 Å². The standard InChI is InChI=1S/C27H29N3O5S2/c1-4-12-30(13-5-2)37(32,33)21-9-7-20(8-10-21)26(31)29-27-22(16-28)18(3)25(36-27)15-19-6-11-23-24(14-19)35-17-34-23/h6-11,14H,4-5,12-13,15,17H2,1-3H3,(H,29,31). The SMILES string of the molecule is CCCN(CCC)S(=O)(=O)c1ccc(C(=O)Nc2sc(Cc3ccc4c(c3)OCO4)c(C)c2C#N)cc1. The lowest BCUT2D eigenvalue weighted by atomic mass is 10.1. The van der Waals surface area contributed by atoms with Gasteiger partial charge in [-0.05, 0) is 67.3 Å². The number of thiophene rings is 1. The molecule has 1 aliphatic heterocycles. The number of hydrogen-bond donors (Lipinski definition) is 1. The number of anilines is 1. The van der Waals surface area contributed by atoms with Gasteiger partial charge in [0.05, 0.1) is 10.5 Å². The van der Waals surface area contributed by atoms with Gasteiger partial charge >= 0.3 is 0 Å². The first-order valence-corrected chi connectivity index (χ1v) is 14.4. The number of amides is 1. The van der Waals surface area contributed by atoms with Crippen molar-refractivity contribution in [2.75, 3.05) is 25.2 Å². The Kier molecular flexibility index (Phi) is 8.17. The average Bonchev–Trinajstić information content (AvgIpc) is 3.47. The maximum atomic E-state index is 13.0. The normalized spacial score (nSPS) is 12.5. The number of benzene rings is 2. The molecule has 1 N–H and O–H groups in total. The van der Waals surface area contributed by atoms with Gasteiger partial charge in [-0.2, -0.15) is 9.57 Å². The first kappa shape index (κ1) is 26.7. The number of ether oxygens (including phenoxy) is 2. The maximum Gasteiger partial charge on any atom is 0.256 e. The van der Waals surface area contributed by atoms with E-state index in [-0.39, 0.29) is 11.7 Å². The Labute approximate surface area is 221 Å². The molecular formula is C27H29N3O5S2. The number of nitriles is 1. The van der Waals surface area contributed by atoms with Crippen LogP contribution in [0, 0.1) is 18.3 Å². The van der Waals surface area contributed by atoms with Gasteiger partial charge in [-0.25, -0.2) is 8.42 Å². The molecule has 0 bridgehead atoms. The van der Waals surface area contributed by atoms with Crippen molar-refractivity contribution in [3.63, 3.8) is 0 Å². The van der Waals surface area contributed by atoms with E-state index in [9.17, 15) is 18.5 Å². The molecule has 0 saturated heterocycles. The quantitative estimate of drug-likeness (QED) is 0.374. The van der Waals surface area contributed by atoms with Crippen LogP contribution >= 0.6 is 11.3 Å². The van der Waals surface area contributed by atoms with Crippen LogP contribution in [0.4, 0.5) is 5.00 Å². The van der Waals surface area contributed by atoms with E-state index in [0.29, 0.717) is 47.1 Å². The van der Waals surface area contributed by atoms with Crippen molar-refractivity contribution in [1.29, 1.82) is 5.26 Å². The Morgan fingerprint density at radius 1 is 1.08 bits per heavy atom. The molecule has 37 heavy (non-hydrogen) atoms. The summed E-state index contributed by atoms with van der Waals surface area (Å²) >= 11 is 1.35. The summed E-state index contributed by atoms with van der Waals surface area (Å²) in [6.45, 7) is 6.84. The highest BCUT2D eigenvalue weighted by Crippen LogP contribution is 2.37. The van der Waals surface area contributed by atoms with E-state index < -0.39 is 15.9 Å². The van der Waals surface area contributed by atoms with Gasteiger partial charge in [-0.3, -0.25) is 4.79 Å². The molecular weight excluding hydrogens is 510 g/mol. The van der Waals surface area contributed by atoms with Crippen molar-refractivity contribution >= 4 is 32.3 Å². The lowest BCUT2D eigenvalue weighted by molar-refractivity contribution is 0.102. The lowest BCUT2D eigenvalue weighted by Crippen LogP contribution is -2.32. The summed E-state index contributed by atoms with van der Waals surface area (Å²) in [5, 5.41) is 13.1. The van der Waals surface area contributed by atoms with Gasteiger partial charge in [0.1, 0.15) is 11.1 Å². The predicted octanol–water partition coefficient (Wildman–Crippen LogP) is 5.31. The number of sulfonamides is 1. The first-order valence-electron chi connectivity index (χ1n) is 12.1. The summed E-state index contributed by atoms with van der Waals surface area (Å²) < 4.78 is 38.3. The maximum absolute atomic E-state index is 13.0. The van der Waals surface area contributed by atoms with Crippen LogP contribution in [0.25, 0.3) is 0 Å². The molecule has 1 aliphatic rings. The van der Waals surface area contributed by atoms with Gasteiger partial charge in [0.2, 0.25) is 16.8 Å². The van der Waals surface area contributed by atoms with Crippen molar-refractivity contribution in [2.45, 2.75) is 44.9 Å². The second-order valence-corrected chi connectivity index (χ2v) is 11.8. The Balaban J connectivity index is 1.51. The number of fused-ring (bicyclic) bond motifs is 1. The molecule has 0 saturated carbocycles. The van der Waals surface area contributed by atoms with Gasteiger partial charge < -0.3 is 14.8 Å². The van der Waals surface area contributed by atoms with E-state index in [2.05, 4.69) is 11.4 Å².